The molecule has 2 saturated heterocycles. The second-order valence-electron chi connectivity index (χ2n) is 9.76. The van der Waals surface area contributed by atoms with E-state index >= 15 is 0 Å². The number of ether oxygens (including phenoxy) is 3. The molecule has 8 N–H and O–H groups in total. The molecule has 2 rings (SSSR count). The van der Waals surface area contributed by atoms with E-state index < -0.39 is 85.2 Å². The van der Waals surface area contributed by atoms with Crippen molar-refractivity contribution in [2.45, 2.75) is 119 Å². The van der Waals surface area contributed by atoms with Crippen molar-refractivity contribution >= 4 is 11.6 Å². The van der Waals surface area contributed by atoms with Crippen LogP contribution in [0.25, 0.3) is 0 Å². The van der Waals surface area contributed by atoms with Crippen LogP contribution in [0.4, 0.5) is 0 Å². The number of Topliss-reactive ketones (excluding diaryl/α,β-unsaturated/α-hetero) is 2. The molecule has 2 heterocycles. The average molecular weight is 539 g/mol. The molecule has 9 atom stereocenters. The molecule has 216 valence electrons. The van der Waals surface area contributed by atoms with Crippen LogP contribution < -0.4 is 0 Å². The maximum atomic E-state index is 13.8. The lowest BCUT2D eigenvalue weighted by Gasteiger charge is -2.55. The Kier molecular flexibility index (Phi) is 11.5. The van der Waals surface area contributed by atoms with Gasteiger partial charge >= 0.3 is 0 Å². The Labute approximate surface area is 215 Å². The molecule has 0 aromatic heterocycles. The lowest BCUT2D eigenvalue weighted by Crippen LogP contribution is -2.81. The van der Waals surface area contributed by atoms with Gasteiger partial charge in [-0.3, -0.25) is 9.59 Å². The summed E-state index contributed by atoms with van der Waals surface area (Å²) < 4.78 is 16.8. The summed E-state index contributed by atoms with van der Waals surface area (Å²) in [6.45, 7) is 0.692. The van der Waals surface area contributed by atoms with Crippen molar-refractivity contribution in [3.8, 4) is 0 Å². The van der Waals surface area contributed by atoms with E-state index in [1.807, 2.05) is 13.8 Å². The van der Waals surface area contributed by atoms with Crippen LogP contribution in [0.15, 0.2) is 0 Å². The summed E-state index contributed by atoms with van der Waals surface area (Å²) in [6.07, 6.45) is -9.28. The van der Waals surface area contributed by atoms with Gasteiger partial charge in [-0.25, -0.2) is 0 Å². The Morgan fingerprint density at radius 2 is 1.24 bits per heavy atom. The van der Waals surface area contributed by atoms with Crippen LogP contribution in [-0.2, 0) is 23.8 Å². The molecule has 0 saturated carbocycles. The number of carbonyl (C=O) groups excluding carboxylic acids is 2. The Hall–Kier alpha value is -1.10. The predicted molar refractivity (Wildman–Crippen MR) is 125 cm³/mol. The SMILES string of the molecule is CCCCCC(=O)[C@@]1(OC2(CO)O[C@H](CO)[C@@H](O)[C@@H]2O)O[C@H](CO)[C@@H](O)[C@H](O)[C@]1(O)C(=O)CCCCC. The normalized spacial score (nSPS) is 40.2. The Bertz CT molecular complexity index is 765. The van der Waals surface area contributed by atoms with E-state index in [9.17, 15) is 50.4 Å². The fourth-order valence-corrected chi connectivity index (χ4v) is 4.87. The van der Waals surface area contributed by atoms with Gasteiger partial charge in [-0.2, -0.15) is 0 Å². The molecule has 13 heteroatoms. The highest BCUT2D eigenvalue weighted by atomic mass is 16.8. The van der Waals surface area contributed by atoms with E-state index in [-0.39, 0.29) is 25.7 Å². The minimum atomic E-state index is -3.26. The molecule has 2 aliphatic rings. The summed E-state index contributed by atoms with van der Waals surface area (Å²) in [5.41, 5.74) is -3.26. The first-order valence-electron chi connectivity index (χ1n) is 12.9. The van der Waals surface area contributed by atoms with Gasteiger partial charge in [0.25, 0.3) is 5.79 Å². The summed E-state index contributed by atoms with van der Waals surface area (Å²) in [7, 11) is 0. The maximum absolute atomic E-state index is 13.8. The molecule has 2 aliphatic heterocycles. The zero-order valence-corrected chi connectivity index (χ0v) is 21.4. The van der Waals surface area contributed by atoms with Gasteiger partial charge in [0.1, 0.15) is 43.2 Å². The highest BCUT2D eigenvalue weighted by Gasteiger charge is 2.74. The summed E-state index contributed by atoms with van der Waals surface area (Å²) in [5.74, 6) is -8.08. The van der Waals surface area contributed by atoms with Crippen molar-refractivity contribution in [2.24, 2.45) is 0 Å². The van der Waals surface area contributed by atoms with Gasteiger partial charge in [-0.1, -0.05) is 39.5 Å². The Balaban J connectivity index is 2.72. The molecule has 13 nitrogen and oxygen atoms in total. The molecule has 0 bridgehead atoms. The van der Waals surface area contributed by atoms with E-state index in [1.165, 1.54) is 0 Å². The van der Waals surface area contributed by atoms with Gasteiger partial charge in [-0.15, -0.1) is 0 Å². The third kappa shape index (κ3) is 5.77. The second-order valence-corrected chi connectivity index (χ2v) is 9.76. The van der Waals surface area contributed by atoms with Crippen LogP contribution in [-0.4, -0.2) is 126 Å². The number of rotatable bonds is 15. The molecule has 0 aromatic carbocycles. The smallest absolute Gasteiger partial charge is 0.271 e. The molecule has 2 fully saturated rings. The first-order valence-corrected chi connectivity index (χ1v) is 12.9. The predicted octanol–water partition coefficient (Wildman–Crippen LogP) is -2.36. The van der Waals surface area contributed by atoms with Gasteiger partial charge in [0.15, 0.2) is 11.6 Å². The van der Waals surface area contributed by atoms with E-state index in [2.05, 4.69) is 0 Å². The molecule has 0 radical (unpaired) electrons. The van der Waals surface area contributed by atoms with Crippen molar-refractivity contribution in [3.63, 3.8) is 0 Å². The van der Waals surface area contributed by atoms with Crippen LogP contribution in [0.3, 0.4) is 0 Å². The minimum Gasteiger partial charge on any atom is -0.394 e. The highest BCUT2D eigenvalue weighted by Crippen LogP contribution is 2.47. The van der Waals surface area contributed by atoms with Crippen LogP contribution in [0, 0.1) is 0 Å². The molecule has 1 unspecified atom stereocenters. The van der Waals surface area contributed by atoms with Crippen molar-refractivity contribution < 1.29 is 64.7 Å². The van der Waals surface area contributed by atoms with Crippen LogP contribution >= 0.6 is 0 Å². The van der Waals surface area contributed by atoms with Gasteiger partial charge in [-0.05, 0) is 12.8 Å². The second kappa shape index (κ2) is 13.3. The van der Waals surface area contributed by atoms with E-state index in [0.29, 0.717) is 25.7 Å². The molecule has 0 aromatic rings. The number of carbonyl (C=O) groups is 2. The topological polar surface area (TPSA) is 224 Å². The Morgan fingerprint density at radius 1 is 0.757 bits per heavy atom. The third-order valence-corrected chi connectivity index (χ3v) is 7.16. The summed E-state index contributed by atoms with van der Waals surface area (Å²) >= 11 is 0. The summed E-state index contributed by atoms with van der Waals surface area (Å²) in [6, 6.07) is 0. The molecule has 0 aliphatic carbocycles. The zero-order valence-electron chi connectivity index (χ0n) is 21.4. The summed E-state index contributed by atoms with van der Waals surface area (Å²) in [4.78, 5) is 27.3. The van der Waals surface area contributed by atoms with Crippen molar-refractivity contribution in [2.75, 3.05) is 19.8 Å². The standard InChI is InChI=1S/C24H42O13/c1-3-5-7-9-16(28)23(34)21(33)19(31)15(12-26)36-24(23,17(29)10-8-6-4-2)37-22(13-27)20(32)18(30)14(11-25)35-22/h14-15,18-21,25-27,30-34H,3-13H2,1-2H3/t14-,15-,18-,19-,20+,21+,22?,23-,24+/m1/s1. The lowest BCUT2D eigenvalue weighted by atomic mass is 9.72. The van der Waals surface area contributed by atoms with Gasteiger partial charge < -0.3 is 55.1 Å². The Morgan fingerprint density at radius 3 is 1.70 bits per heavy atom. The molecular weight excluding hydrogens is 496 g/mol. The largest absolute Gasteiger partial charge is 0.394 e. The first-order chi connectivity index (χ1) is 17.5. The number of hydrogen-bond donors (Lipinski definition) is 8. The third-order valence-electron chi connectivity index (χ3n) is 7.16. The van der Waals surface area contributed by atoms with E-state index in [0.717, 1.165) is 0 Å². The van der Waals surface area contributed by atoms with Crippen LogP contribution in [0.2, 0.25) is 0 Å². The van der Waals surface area contributed by atoms with Crippen LogP contribution in [0.1, 0.15) is 65.2 Å². The fourth-order valence-electron chi connectivity index (χ4n) is 4.87. The number of ketones is 2. The van der Waals surface area contributed by atoms with Crippen molar-refractivity contribution in [3.05, 3.63) is 0 Å². The van der Waals surface area contributed by atoms with Crippen LogP contribution in [0.5, 0.6) is 0 Å². The van der Waals surface area contributed by atoms with Gasteiger partial charge in [0.05, 0.1) is 13.2 Å². The first kappa shape index (κ1) is 32.1. The highest BCUT2D eigenvalue weighted by molar-refractivity contribution is 5.99. The number of unbranched alkanes of at least 4 members (excludes halogenated alkanes) is 4. The number of hydrogen-bond acceptors (Lipinski definition) is 13. The zero-order chi connectivity index (χ0) is 28.0. The molecule has 0 spiro atoms. The number of aliphatic hydroxyl groups excluding tert-OH is 7. The lowest BCUT2D eigenvalue weighted by molar-refractivity contribution is -0.431. The monoisotopic (exact) mass is 538 g/mol. The fraction of sp³-hybridized carbons (Fsp3) is 0.917. The summed E-state index contributed by atoms with van der Waals surface area (Å²) in [5, 5.41) is 84.0. The minimum absolute atomic E-state index is 0.240. The van der Waals surface area contributed by atoms with Gasteiger partial charge in [0, 0.05) is 12.8 Å². The number of aliphatic hydroxyl groups is 8. The molecule has 0 amide bonds. The average Bonchev–Trinajstić information content (AvgIpc) is 3.13. The van der Waals surface area contributed by atoms with E-state index in [1.54, 1.807) is 0 Å². The van der Waals surface area contributed by atoms with Gasteiger partial charge in [0.2, 0.25) is 11.4 Å². The van der Waals surface area contributed by atoms with E-state index in [4.69, 9.17) is 14.2 Å². The molecular formula is C24H42O13. The maximum Gasteiger partial charge on any atom is 0.271 e. The van der Waals surface area contributed by atoms with Crippen molar-refractivity contribution in [1.29, 1.82) is 0 Å². The quantitative estimate of drug-likeness (QED) is 0.102. The molecule has 37 heavy (non-hydrogen) atoms. The van der Waals surface area contributed by atoms with Crippen molar-refractivity contribution in [1.82, 2.24) is 0 Å².